The molecule has 0 radical (unpaired) electrons. The Balaban J connectivity index is 1.82. The van der Waals surface area contributed by atoms with Crippen LogP contribution < -0.4 is 5.32 Å². The van der Waals surface area contributed by atoms with Gasteiger partial charge in [-0.3, -0.25) is 4.79 Å². The molecule has 0 bridgehead atoms. The lowest BCUT2D eigenvalue weighted by atomic mass is 9.92. The second-order valence-electron chi connectivity index (χ2n) is 4.78. The second-order valence-corrected chi connectivity index (χ2v) is 4.78. The minimum atomic E-state index is -0.00337. The van der Waals surface area contributed by atoms with Crippen LogP contribution in [-0.2, 0) is 4.79 Å². The first-order chi connectivity index (χ1) is 8.74. The summed E-state index contributed by atoms with van der Waals surface area (Å²) >= 11 is 0. The van der Waals surface area contributed by atoms with Gasteiger partial charge in [0, 0.05) is 12.1 Å². The van der Waals surface area contributed by atoms with Crippen LogP contribution >= 0.6 is 0 Å². The van der Waals surface area contributed by atoms with E-state index in [1.807, 2.05) is 36.4 Å². The first kappa shape index (κ1) is 12.6. The zero-order valence-electron chi connectivity index (χ0n) is 10.6. The highest BCUT2D eigenvalue weighted by molar-refractivity contribution is 5.91. The van der Waals surface area contributed by atoms with Gasteiger partial charge < -0.3 is 5.32 Å². The number of carbonyl (C=O) groups is 1. The van der Waals surface area contributed by atoms with Crippen LogP contribution in [-0.4, -0.2) is 11.9 Å². The quantitative estimate of drug-likeness (QED) is 0.638. The van der Waals surface area contributed by atoms with Crippen LogP contribution in [0.4, 0.5) is 0 Å². The van der Waals surface area contributed by atoms with Gasteiger partial charge in [-0.15, -0.1) is 0 Å². The Morgan fingerprint density at radius 3 is 2.56 bits per heavy atom. The number of nitrogens with one attached hydrogen (secondary N) is 1. The number of carbonyl (C=O) groups excluding carboxylic acids is 1. The van der Waals surface area contributed by atoms with Gasteiger partial charge in [-0.05, 0) is 37.3 Å². The smallest absolute Gasteiger partial charge is 0.244 e. The summed E-state index contributed by atoms with van der Waals surface area (Å²) < 4.78 is 0. The predicted octanol–water partition coefficient (Wildman–Crippen LogP) is 3.31. The largest absolute Gasteiger partial charge is 0.350 e. The van der Waals surface area contributed by atoms with E-state index < -0.39 is 0 Å². The predicted molar refractivity (Wildman–Crippen MR) is 75.0 cm³/mol. The fourth-order valence-electron chi connectivity index (χ4n) is 2.16. The summed E-state index contributed by atoms with van der Waals surface area (Å²) in [6, 6.07) is 10.2. The minimum absolute atomic E-state index is 0.00337. The van der Waals surface area contributed by atoms with E-state index in [2.05, 4.69) is 11.9 Å². The Bertz CT molecular complexity index is 437. The van der Waals surface area contributed by atoms with Crippen molar-refractivity contribution in [3.8, 4) is 0 Å². The van der Waals surface area contributed by atoms with E-state index in [9.17, 15) is 4.79 Å². The molecule has 2 nitrogen and oxygen atoms in total. The molecule has 1 N–H and O–H groups in total. The van der Waals surface area contributed by atoms with Gasteiger partial charge in [0.25, 0.3) is 0 Å². The summed E-state index contributed by atoms with van der Waals surface area (Å²) in [5, 5.41) is 3.04. The lowest BCUT2D eigenvalue weighted by molar-refractivity contribution is -0.117. The van der Waals surface area contributed by atoms with Crippen LogP contribution in [0.5, 0.6) is 0 Å². The summed E-state index contributed by atoms with van der Waals surface area (Å²) in [5.74, 6) is -0.00337. The Kier molecular flexibility index (Phi) is 4.35. The summed E-state index contributed by atoms with van der Waals surface area (Å²) in [6.45, 7) is 3.98. The van der Waals surface area contributed by atoms with Gasteiger partial charge in [0.15, 0.2) is 0 Å². The topological polar surface area (TPSA) is 29.1 Å². The van der Waals surface area contributed by atoms with Gasteiger partial charge in [-0.2, -0.15) is 0 Å². The van der Waals surface area contributed by atoms with Crippen molar-refractivity contribution in [1.29, 1.82) is 0 Å². The third-order valence-corrected chi connectivity index (χ3v) is 3.27. The molecule has 1 aliphatic rings. The Morgan fingerprint density at radius 1 is 1.22 bits per heavy atom. The van der Waals surface area contributed by atoms with E-state index in [0.717, 1.165) is 31.2 Å². The molecule has 0 aliphatic heterocycles. The summed E-state index contributed by atoms with van der Waals surface area (Å²) in [6.07, 6.45) is 7.56. The zero-order chi connectivity index (χ0) is 12.8. The molecule has 1 aliphatic carbocycles. The van der Waals surface area contributed by atoms with Crippen LogP contribution in [0, 0.1) is 0 Å². The SMILES string of the molecule is C=C1CCC(NC(=O)/C=C/c2ccccc2)CC1. The van der Waals surface area contributed by atoms with Crippen molar-refractivity contribution < 1.29 is 4.79 Å². The van der Waals surface area contributed by atoms with E-state index in [-0.39, 0.29) is 5.91 Å². The molecule has 0 atom stereocenters. The molecule has 2 rings (SSSR count). The van der Waals surface area contributed by atoms with Crippen molar-refractivity contribution >= 4 is 12.0 Å². The molecule has 0 spiro atoms. The van der Waals surface area contributed by atoms with Crippen molar-refractivity contribution in [2.45, 2.75) is 31.7 Å². The highest BCUT2D eigenvalue weighted by Crippen LogP contribution is 2.21. The van der Waals surface area contributed by atoms with Crippen LogP contribution in [0.3, 0.4) is 0 Å². The average Bonchev–Trinajstić information content (AvgIpc) is 2.40. The molecule has 1 amide bonds. The van der Waals surface area contributed by atoms with Crippen molar-refractivity contribution in [3.63, 3.8) is 0 Å². The van der Waals surface area contributed by atoms with Crippen LogP contribution in [0.15, 0.2) is 48.6 Å². The molecule has 0 unspecified atom stereocenters. The molecule has 1 fully saturated rings. The van der Waals surface area contributed by atoms with E-state index in [0.29, 0.717) is 6.04 Å². The number of benzene rings is 1. The lowest BCUT2D eigenvalue weighted by Gasteiger charge is -2.23. The molecule has 1 aromatic rings. The maximum atomic E-state index is 11.7. The molecule has 0 saturated heterocycles. The van der Waals surface area contributed by atoms with Gasteiger partial charge >= 0.3 is 0 Å². The molecular weight excluding hydrogens is 222 g/mol. The van der Waals surface area contributed by atoms with Gasteiger partial charge in [-0.25, -0.2) is 0 Å². The molecule has 18 heavy (non-hydrogen) atoms. The van der Waals surface area contributed by atoms with Crippen molar-refractivity contribution in [2.24, 2.45) is 0 Å². The summed E-state index contributed by atoms with van der Waals surface area (Å²) in [4.78, 5) is 11.7. The first-order valence-electron chi connectivity index (χ1n) is 6.44. The fourth-order valence-corrected chi connectivity index (χ4v) is 2.16. The lowest BCUT2D eigenvalue weighted by Crippen LogP contribution is -2.35. The van der Waals surface area contributed by atoms with Crippen LogP contribution in [0.1, 0.15) is 31.2 Å². The van der Waals surface area contributed by atoms with Crippen LogP contribution in [0.25, 0.3) is 6.08 Å². The van der Waals surface area contributed by atoms with Gasteiger partial charge in [0.05, 0.1) is 0 Å². The Morgan fingerprint density at radius 2 is 1.89 bits per heavy atom. The first-order valence-corrected chi connectivity index (χ1v) is 6.44. The number of allylic oxidation sites excluding steroid dienone is 1. The third kappa shape index (κ3) is 3.88. The normalized spacial score (nSPS) is 17.0. The van der Waals surface area contributed by atoms with E-state index >= 15 is 0 Å². The van der Waals surface area contributed by atoms with E-state index in [4.69, 9.17) is 0 Å². The molecular formula is C16H19NO. The Labute approximate surface area is 108 Å². The maximum Gasteiger partial charge on any atom is 0.244 e. The zero-order valence-corrected chi connectivity index (χ0v) is 10.6. The molecule has 0 heterocycles. The molecule has 1 saturated carbocycles. The molecule has 2 heteroatoms. The van der Waals surface area contributed by atoms with Crippen molar-refractivity contribution in [1.82, 2.24) is 5.32 Å². The highest BCUT2D eigenvalue weighted by Gasteiger charge is 2.16. The number of amides is 1. The molecule has 94 valence electrons. The van der Waals surface area contributed by atoms with E-state index in [1.54, 1.807) is 6.08 Å². The van der Waals surface area contributed by atoms with E-state index in [1.165, 1.54) is 5.57 Å². The summed E-state index contributed by atoms with van der Waals surface area (Å²) in [7, 11) is 0. The highest BCUT2D eigenvalue weighted by atomic mass is 16.1. The van der Waals surface area contributed by atoms with Crippen LogP contribution in [0.2, 0.25) is 0 Å². The minimum Gasteiger partial charge on any atom is -0.350 e. The average molecular weight is 241 g/mol. The monoisotopic (exact) mass is 241 g/mol. The van der Waals surface area contributed by atoms with Crippen molar-refractivity contribution in [3.05, 3.63) is 54.1 Å². The number of rotatable bonds is 3. The van der Waals surface area contributed by atoms with Crippen molar-refractivity contribution in [2.75, 3.05) is 0 Å². The summed E-state index contributed by atoms with van der Waals surface area (Å²) in [5.41, 5.74) is 2.35. The molecule has 0 aromatic heterocycles. The van der Waals surface area contributed by atoms with Gasteiger partial charge in [0.1, 0.15) is 0 Å². The van der Waals surface area contributed by atoms with Gasteiger partial charge in [0.2, 0.25) is 5.91 Å². The Hall–Kier alpha value is -1.83. The standard InChI is InChI=1S/C16H19NO/c1-13-7-10-15(11-8-13)17-16(18)12-9-14-5-3-2-4-6-14/h2-6,9,12,15H,1,7-8,10-11H2,(H,17,18)/b12-9+. The number of hydrogen-bond acceptors (Lipinski definition) is 1. The third-order valence-electron chi connectivity index (χ3n) is 3.27. The second kappa shape index (κ2) is 6.20. The maximum absolute atomic E-state index is 11.7. The van der Waals surface area contributed by atoms with Gasteiger partial charge in [-0.1, -0.05) is 42.5 Å². The number of hydrogen-bond donors (Lipinski definition) is 1. The molecule has 1 aromatic carbocycles. The fraction of sp³-hybridized carbons (Fsp3) is 0.312.